The van der Waals surface area contributed by atoms with E-state index in [9.17, 15) is 9.18 Å². The molecular weight excluding hydrogens is 283 g/mol. The lowest BCUT2D eigenvalue weighted by Gasteiger charge is -2.10. The smallest absolute Gasteiger partial charge is 0.257 e. The van der Waals surface area contributed by atoms with Crippen molar-refractivity contribution in [3.05, 3.63) is 52.8 Å². The number of nitrogens with one attached hydrogen (secondary N) is 1. The number of hydrogen-bond acceptors (Lipinski definition) is 3. The van der Waals surface area contributed by atoms with Gasteiger partial charge in [0.2, 0.25) is 0 Å². The molecule has 0 bridgehead atoms. The second kappa shape index (κ2) is 5.79. The van der Waals surface area contributed by atoms with E-state index in [0.717, 1.165) is 12.1 Å². The third kappa shape index (κ3) is 3.00. The fraction of sp³-hybridized carbons (Fsp3) is 0.0714. The zero-order chi connectivity index (χ0) is 14.7. The van der Waals surface area contributed by atoms with Crippen LogP contribution in [0.25, 0.3) is 0 Å². The first-order valence-electron chi connectivity index (χ1n) is 5.71. The highest BCUT2D eigenvalue weighted by molar-refractivity contribution is 6.34. The average molecular weight is 295 g/mol. The number of halogens is 2. The van der Waals surface area contributed by atoms with Crippen LogP contribution in [0.2, 0.25) is 5.02 Å². The Kier molecular flexibility index (Phi) is 4.10. The summed E-state index contributed by atoms with van der Waals surface area (Å²) in [6, 6.07) is 8.42. The summed E-state index contributed by atoms with van der Waals surface area (Å²) >= 11 is 5.83. The minimum atomic E-state index is -0.507. The Labute approximate surface area is 120 Å². The van der Waals surface area contributed by atoms with Gasteiger partial charge >= 0.3 is 0 Å². The van der Waals surface area contributed by atoms with E-state index >= 15 is 0 Å². The van der Waals surface area contributed by atoms with E-state index in [-0.39, 0.29) is 10.6 Å². The quantitative estimate of drug-likeness (QED) is 0.854. The van der Waals surface area contributed by atoms with Crippen molar-refractivity contribution in [1.82, 2.24) is 0 Å². The summed E-state index contributed by atoms with van der Waals surface area (Å²) in [5, 5.41) is 2.64. The number of nitrogen functional groups attached to an aromatic ring is 1. The lowest BCUT2D eigenvalue weighted by Crippen LogP contribution is -2.14. The van der Waals surface area contributed by atoms with Gasteiger partial charge in [-0.25, -0.2) is 4.39 Å². The van der Waals surface area contributed by atoms with E-state index in [1.807, 2.05) is 0 Å². The number of methoxy groups -OCH3 is 1. The maximum atomic E-state index is 12.9. The van der Waals surface area contributed by atoms with Crippen LogP contribution in [0, 0.1) is 5.82 Å². The van der Waals surface area contributed by atoms with Gasteiger partial charge in [-0.1, -0.05) is 11.6 Å². The Balaban J connectivity index is 2.27. The zero-order valence-electron chi connectivity index (χ0n) is 10.6. The van der Waals surface area contributed by atoms with Crippen molar-refractivity contribution in [3.8, 4) is 5.75 Å². The SMILES string of the molecule is COc1ccc(N)c(NC(=O)c2ccc(F)cc2Cl)c1. The molecule has 2 rings (SSSR count). The van der Waals surface area contributed by atoms with E-state index in [2.05, 4.69) is 5.32 Å². The van der Waals surface area contributed by atoms with Gasteiger partial charge < -0.3 is 15.8 Å². The van der Waals surface area contributed by atoms with E-state index in [1.54, 1.807) is 18.2 Å². The molecule has 0 saturated carbocycles. The maximum Gasteiger partial charge on any atom is 0.257 e. The summed E-state index contributed by atoms with van der Waals surface area (Å²) in [5.74, 6) is -0.429. The van der Waals surface area contributed by atoms with Gasteiger partial charge in [0.1, 0.15) is 11.6 Å². The fourth-order valence-electron chi connectivity index (χ4n) is 1.63. The van der Waals surface area contributed by atoms with Gasteiger partial charge in [-0.2, -0.15) is 0 Å². The van der Waals surface area contributed by atoms with Crippen molar-refractivity contribution in [2.45, 2.75) is 0 Å². The van der Waals surface area contributed by atoms with Gasteiger partial charge in [-0.15, -0.1) is 0 Å². The summed E-state index contributed by atoms with van der Waals surface area (Å²) in [6.45, 7) is 0. The third-order valence-corrected chi connectivity index (χ3v) is 3.00. The topological polar surface area (TPSA) is 64.3 Å². The lowest BCUT2D eigenvalue weighted by molar-refractivity contribution is 0.102. The van der Waals surface area contributed by atoms with Crippen molar-refractivity contribution in [3.63, 3.8) is 0 Å². The normalized spacial score (nSPS) is 10.2. The van der Waals surface area contributed by atoms with Crippen LogP contribution in [0.4, 0.5) is 15.8 Å². The highest BCUT2D eigenvalue weighted by Crippen LogP contribution is 2.26. The van der Waals surface area contributed by atoms with Crippen LogP contribution in [-0.2, 0) is 0 Å². The van der Waals surface area contributed by atoms with Crippen LogP contribution in [0.15, 0.2) is 36.4 Å². The summed E-state index contributed by atoms with van der Waals surface area (Å²) < 4.78 is 18.0. The van der Waals surface area contributed by atoms with Gasteiger partial charge in [-0.05, 0) is 30.3 Å². The molecule has 104 valence electrons. The number of nitrogens with two attached hydrogens (primary N) is 1. The van der Waals surface area contributed by atoms with Crippen molar-refractivity contribution in [1.29, 1.82) is 0 Å². The van der Waals surface area contributed by atoms with E-state index in [0.29, 0.717) is 17.1 Å². The molecule has 0 radical (unpaired) electrons. The second-order valence-electron chi connectivity index (χ2n) is 4.03. The molecule has 2 aromatic rings. The van der Waals surface area contributed by atoms with Gasteiger partial charge in [0.05, 0.1) is 29.1 Å². The Bertz CT molecular complexity index is 662. The Morgan fingerprint density at radius 1 is 1.30 bits per heavy atom. The summed E-state index contributed by atoms with van der Waals surface area (Å²) in [5.41, 5.74) is 6.72. The molecule has 20 heavy (non-hydrogen) atoms. The zero-order valence-corrected chi connectivity index (χ0v) is 11.4. The fourth-order valence-corrected chi connectivity index (χ4v) is 1.89. The number of ether oxygens (including phenoxy) is 1. The largest absolute Gasteiger partial charge is 0.497 e. The van der Waals surface area contributed by atoms with E-state index in [4.69, 9.17) is 22.1 Å². The maximum absolute atomic E-state index is 12.9. The van der Waals surface area contributed by atoms with Crippen molar-refractivity contribution < 1.29 is 13.9 Å². The Morgan fingerprint density at radius 2 is 2.05 bits per heavy atom. The number of carbonyl (C=O) groups is 1. The van der Waals surface area contributed by atoms with Crippen molar-refractivity contribution >= 4 is 28.9 Å². The third-order valence-electron chi connectivity index (χ3n) is 2.68. The molecule has 2 aromatic carbocycles. The number of benzene rings is 2. The molecule has 0 heterocycles. The Morgan fingerprint density at radius 3 is 2.70 bits per heavy atom. The van der Waals surface area contributed by atoms with Crippen LogP contribution in [-0.4, -0.2) is 13.0 Å². The highest BCUT2D eigenvalue weighted by Gasteiger charge is 2.13. The van der Waals surface area contributed by atoms with Gasteiger partial charge in [0, 0.05) is 6.07 Å². The predicted octanol–water partition coefficient (Wildman–Crippen LogP) is 3.32. The molecule has 1 amide bonds. The first kappa shape index (κ1) is 14.1. The van der Waals surface area contributed by atoms with Crippen molar-refractivity contribution in [2.75, 3.05) is 18.2 Å². The molecule has 0 aliphatic carbocycles. The second-order valence-corrected chi connectivity index (χ2v) is 4.44. The molecule has 0 aromatic heterocycles. The highest BCUT2D eigenvalue weighted by atomic mass is 35.5. The first-order chi connectivity index (χ1) is 9.51. The molecule has 0 aliphatic heterocycles. The molecule has 0 aliphatic rings. The van der Waals surface area contributed by atoms with Crippen molar-refractivity contribution in [2.24, 2.45) is 0 Å². The number of anilines is 2. The van der Waals surface area contributed by atoms with Crippen LogP contribution in [0.3, 0.4) is 0 Å². The molecule has 4 nitrogen and oxygen atoms in total. The van der Waals surface area contributed by atoms with Crippen LogP contribution >= 0.6 is 11.6 Å². The monoisotopic (exact) mass is 294 g/mol. The predicted molar refractivity (Wildman–Crippen MR) is 76.8 cm³/mol. The number of carbonyl (C=O) groups excluding carboxylic acids is 1. The molecule has 0 saturated heterocycles. The summed E-state index contributed by atoms with van der Waals surface area (Å²) in [7, 11) is 1.51. The Hall–Kier alpha value is -2.27. The molecule has 6 heteroatoms. The number of rotatable bonds is 3. The molecule has 0 spiro atoms. The summed E-state index contributed by atoms with van der Waals surface area (Å²) in [6.07, 6.45) is 0. The minimum absolute atomic E-state index is 0.0315. The van der Waals surface area contributed by atoms with E-state index < -0.39 is 11.7 Å². The standard InChI is InChI=1S/C14H12ClFN2O2/c1-20-9-3-5-12(17)13(7-9)18-14(19)10-4-2-8(16)6-11(10)15/h2-7H,17H2,1H3,(H,18,19). The number of hydrogen-bond donors (Lipinski definition) is 2. The van der Waals surface area contributed by atoms with Crippen LogP contribution < -0.4 is 15.8 Å². The first-order valence-corrected chi connectivity index (χ1v) is 6.09. The molecular formula is C14H12ClFN2O2. The van der Waals surface area contributed by atoms with E-state index in [1.165, 1.54) is 13.2 Å². The van der Waals surface area contributed by atoms with Crippen LogP contribution in [0.5, 0.6) is 5.75 Å². The molecule has 0 fully saturated rings. The minimum Gasteiger partial charge on any atom is -0.497 e. The number of amides is 1. The van der Waals surface area contributed by atoms with Gasteiger partial charge in [0.25, 0.3) is 5.91 Å². The van der Waals surface area contributed by atoms with Gasteiger partial charge in [0.15, 0.2) is 0 Å². The van der Waals surface area contributed by atoms with Crippen LogP contribution in [0.1, 0.15) is 10.4 Å². The molecule has 0 atom stereocenters. The lowest BCUT2D eigenvalue weighted by atomic mass is 10.2. The molecule has 3 N–H and O–H groups in total. The molecule has 0 unspecified atom stereocenters. The average Bonchev–Trinajstić information content (AvgIpc) is 2.41. The van der Waals surface area contributed by atoms with Gasteiger partial charge in [-0.3, -0.25) is 4.79 Å². The summed E-state index contributed by atoms with van der Waals surface area (Å²) in [4.78, 5) is 12.1.